The number of rotatable bonds is 2. The summed E-state index contributed by atoms with van der Waals surface area (Å²) in [6, 6.07) is 0. The van der Waals surface area contributed by atoms with Crippen LogP contribution in [0, 0.1) is 28.6 Å². The highest BCUT2D eigenvalue weighted by atomic mass is 14.9. The molecule has 4 aliphatic rings. The van der Waals surface area contributed by atoms with E-state index in [2.05, 4.69) is 39.4 Å². The van der Waals surface area contributed by atoms with Gasteiger partial charge in [-0.1, -0.05) is 27.7 Å². The Kier molecular flexibility index (Phi) is 2.18. The molecular formula is C16H27N. The second kappa shape index (κ2) is 3.16. The first kappa shape index (κ1) is 11.7. The van der Waals surface area contributed by atoms with E-state index in [1.165, 1.54) is 32.1 Å². The fourth-order valence-corrected chi connectivity index (χ4v) is 5.87. The van der Waals surface area contributed by atoms with E-state index >= 15 is 0 Å². The zero-order chi connectivity index (χ0) is 12.5. The van der Waals surface area contributed by atoms with Crippen molar-refractivity contribution in [3.63, 3.8) is 0 Å². The minimum Gasteiger partial charge on any atom is -0.294 e. The van der Waals surface area contributed by atoms with Gasteiger partial charge in [0.1, 0.15) is 0 Å². The van der Waals surface area contributed by atoms with Gasteiger partial charge in [0, 0.05) is 0 Å². The van der Waals surface area contributed by atoms with Gasteiger partial charge in [0.2, 0.25) is 0 Å². The van der Waals surface area contributed by atoms with E-state index in [9.17, 15) is 0 Å². The van der Waals surface area contributed by atoms with Crippen molar-refractivity contribution in [2.45, 2.75) is 65.3 Å². The zero-order valence-corrected chi connectivity index (χ0v) is 11.9. The van der Waals surface area contributed by atoms with Gasteiger partial charge in [-0.2, -0.15) is 0 Å². The summed E-state index contributed by atoms with van der Waals surface area (Å²) in [5, 5.41) is 0. The summed E-state index contributed by atoms with van der Waals surface area (Å²) in [5.41, 5.74) is 1.45. The quantitative estimate of drug-likeness (QED) is 0.630. The standard InChI is InChI=1S/C16H27N/c1-11(2)16(17-5)10-13-14(3)6-7-15(13,4)9-12(16)8-14/h11-13H,5-10H2,1-4H3/t12?,13?,14-,15-,16+/m1/s1. The minimum atomic E-state index is 0.202. The third-order valence-corrected chi connectivity index (χ3v) is 6.91. The molecule has 0 amide bonds. The molecule has 0 unspecified atom stereocenters. The molecule has 0 aromatic carbocycles. The third kappa shape index (κ3) is 1.24. The Morgan fingerprint density at radius 3 is 1.94 bits per heavy atom. The molecule has 0 saturated heterocycles. The first-order valence-electron chi connectivity index (χ1n) is 7.34. The molecule has 0 aliphatic heterocycles. The lowest BCUT2D eigenvalue weighted by Gasteiger charge is -2.62. The molecule has 4 aliphatic carbocycles. The SMILES string of the molecule is C=N[C@]1(C(C)C)CC2[C@]3(C)CC[C@]2(C)CC1C3. The maximum absolute atomic E-state index is 4.67. The van der Waals surface area contributed by atoms with E-state index in [0.29, 0.717) is 16.7 Å². The van der Waals surface area contributed by atoms with Crippen LogP contribution in [0.3, 0.4) is 0 Å². The van der Waals surface area contributed by atoms with Crippen molar-refractivity contribution in [2.75, 3.05) is 0 Å². The molecule has 0 heterocycles. The highest BCUT2D eigenvalue weighted by Gasteiger charge is 2.66. The van der Waals surface area contributed by atoms with Crippen LogP contribution in [0.4, 0.5) is 0 Å². The Balaban J connectivity index is 2.03. The molecule has 96 valence electrons. The smallest absolute Gasteiger partial charge is 0.0655 e. The van der Waals surface area contributed by atoms with Gasteiger partial charge < -0.3 is 0 Å². The topological polar surface area (TPSA) is 12.4 Å². The minimum absolute atomic E-state index is 0.202. The van der Waals surface area contributed by atoms with Crippen molar-refractivity contribution in [3.8, 4) is 0 Å². The molecule has 0 spiro atoms. The number of hydrogen-bond acceptors (Lipinski definition) is 1. The van der Waals surface area contributed by atoms with Crippen LogP contribution in [-0.2, 0) is 0 Å². The molecule has 0 aromatic rings. The van der Waals surface area contributed by atoms with Crippen LogP contribution >= 0.6 is 0 Å². The van der Waals surface area contributed by atoms with Crippen LogP contribution in [0.1, 0.15) is 59.8 Å². The molecule has 1 heteroatoms. The van der Waals surface area contributed by atoms with E-state index in [1.807, 2.05) is 0 Å². The second-order valence-corrected chi connectivity index (χ2v) is 7.97. The highest BCUT2D eigenvalue weighted by molar-refractivity contribution is 5.30. The number of hydrogen-bond donors (Lipinski definition) is 0. The van der Waals surface area contributed by atoms with Crippen molar-refractivity contribution in [1.29, 1.82) is 0 Å². The summed E-state index contributed by atoms with van der Waals surface area (Å²) in [6.45, 7) is 13.7. The van der Waals surface area contributed by atoms with Crippen molar-refractivity contribution in [2.24, 2.45) is 33.6 Å². The Morgan fingerprint density at radius 1 is 1.06 bits per heavy atom. The van der Waals surface area contributed by atoms with E-state index in [1.54, 1.807) is 0 Å². The lowest BCUT2D eigenvalue weighted by molar-refractivity contribution is -0.0954. The van der Waals surface area contributed by atoms with Crippen LogP contribution < -0.4 is 0 Å². The molecule has 4 bridgehead atoms. The second-order valence-electron chi connectivity index (χ2n) is 7.97. The summed E-state index contributed by atoms with van der Waals surface area (Å²) < 4.78 is 0. The summed E-state index contributed by atoms with van der Waals surface area (Å²) in [4.78, 5) is 4.67. The highest BCUT2D eigenvalue weighted by Crippen LogP contribution is 2.72. The van der Waals surface area contributed by atoms with Crippen LogP contribution in [0.2, 0.25) is 0 Å². The Morgan fingerprint density at radius 2 is 1.59 bits per heavy atom. The molecule has 0 aromatic heterocycles. The van der Waals surface area contributed by atoms with Gasteiger partial charge in [0.15, 0.2) is 0 Å². The predicted molar refractivity (Wildman–Crippen MR) is 73.4 cm³/mol. The molecule has 4 fully saturated rings. The van der Waals surface area contributed by atoms with E-state index in [0.717, 1.165) is 11.8 Å². The first-order valence-corrected chi connectivity index (χ1v) is 7.34. The largest absolute Gasteiger partial charge is 0.294 e. The molecule has 0 N–H and O–H groups in total. The Hall–Kier alpha value is -0.330. The molecule has 1 nitrogen and oxygen atoms in total. The number of fused-ring (bicyclic) bond motifs is 1. The summed E-state index contributed by atoms with van der Waals surface area (Å²) in [5.74, 6) is 2.34. The van der Waals surface area contributed by atoms with E-state index < -0.39 is 0 Å². The molecule has 4 saturated carbocycles. The van der Waals surface area contributed by atoms with Crippen molar-refractivity contribution in [1.82, 2.24) is 0 Å². The monoisotopic (exact) mass is 233 g/mol. The fraction of sp³-hybridized carbons (Fsp3) is 0.938. The van der Waals surface area contributed by atoms with Crippen LogP contribution in [-0.4, -0.2) is 12.3 Å². The average molecular weight is 233 g/mol. The summed E-state index contributed by atoms with van der Waals surface area (Å²) in [7, 11) is 0. The van der Waals surface area contributed by atoms with Crippen LogP contribution in [0.15, 0.2) is 4.99 Å². The molecular weight excluding hydrogens is 206 g/mol. The normalized spacial score (nSPS) is 56.5. The maximum Gasteiger partial charge on any atom is 0.0655 e. The van der Waals surface area contributed by atoms with Crippen molar-refractivity contribution in [3.05, 3.63) is 0 Å². The number of nitrogens with zero attached hydrogens (tertiary/aromatic N) is 1. The third-order valence-electron chi connectivity index (χ3n) is 6.91. The average Bonchev–Trinajstić information content (AvgIpc) is 2.42. The van der Waals surface area contributed by atoms with E-state index in [-0.39, 0.29) is 5.54 Å². The van der Waals surface area contributed by atoms with E-state index in [4.69, 9.17) is 0 Å². The molecule has 0 radical (unpaired) electrons. The Labute approximate surface area is 106 Å². The Bertz CT molecular complexity index is 341. The van der Waals surface area contributed by atoms with Gasteiger partial charge in [0.25, 0.3) is 0 Å². The van der Waals surface area contributed by atoms with Gasteiger partial charge in [-0.15, -0.1) is 0 Å². The lowest BCUT2D eigenvalue weighted by Crippen LogP contribution is -2.59. The van der Waals surface area contributed by atoms with Crippen LogP contribution in [0.25, 0.3) is 0 Å². The van der Waals surface area contributed by atoms with Gasteiger partial charge >= 0.3 is 0 Å². The van der Waals surface area contributed by atoms with Crippen LogP contribution in [0.5, 0.6) is 0 Å². The molecule has 3 atom stereocenters. The summed E-state index contributed by atoms with van der Waals surface area (Å²) in [6.07, 6.45) is 7.03. The van der Waals surface area contributed by atoms with Gasteiger partial charge in [-0.3, -0.25) is 4.99 Å². The predicted octanol–water partition coefficient (Wildman–Crippen LogP) is 4.32. The maximum atomic E-state index is 4.67. The van der Waals surface area contributed by atoms with Crippen molar-refractivity contribution < 1.29 is 0 Å². The van der Waals surface area contributed by atoms with Crippen molar-refractivity contribution >= 4 is 6.72 Å². The summed E-state index contributed by atoms with van der Waals surface area (Å²) >= 11 is 0. The molecule has 17 heavy (non-hydrogen) atoms. The zero-order valence-electron chi connectivity index (χ0n) is 11.9. The van der Waals surface area contributed by atoms with Gasteiger partial charge in [-0.05, 0) is 67.4 Å². The first-order chi connectivity index (χ1) is 7.86. The number of aliphatic imine (C=N–C) groups is 1. The van der Waals surface area contributed by atoms with Gasteiger partial charge in [0.05, 0.1) is 5.54 Å². The van der Waals surface area contributed by atoms with Gasteiger partial charge in [-0.25, -0.2) is 0 Å². The fourth-order valence-electron chi connectivity index (χ4n) is 5.87. The molecule has 4 rings (SSSR count). The lowest BCUT2D eigenvalue weighted by atomic mass is 9.45.